The number of nitrogens with zero attached hydrogens (tertiary/aromatic N) is 4. The van der Waals surface area contributed by atoms with Crippen LogP contribution in [0, 0.1) is 5.92 Å². The normalized spacial score (nSPS) is 25.9. The largest absolute Gasteiger partial charge is 0.454 e. The number of para-hydroxylation sites is 2. The minimum atomic E-state index is -1.46. The van der Waals surface area contributed by atoms with Gasteiger partial charge in [0.15, 0.2) is 23.7 Å². The first-order valence-electron chi connectivity index (χ1n) is 13.2. The minimum absolute atomic E-state index is 0.0672. The molecule has 3 aromatic rings. The number of esters is 2. The fourth-order valence-corrected chi connectivity index (χ4v) is 6.26. The number of benzene rings is 2. The third-order valence-corrected chi connectivity index (χ3v) is 8.18. The molecule has 2 saturated heterocycles. The molecule has 208 valence electrons. The summed E-state index contributed by atoms with van der Waals surface area (Å²) in [6, 6.07) is 12.6. The lowest BCUT2D eigenvalue weighted by Crippen LogP contribution is -2.52. The third kappa shape index (κ3) is 3.40. The molecule has 0 aliphatic carbocycles. The second-order valence-corrected chi connectivity index (χ2v) is 11.4. The van der Waals surface area contributed by atoms with Crippen LogP contribution in [0.15, 0.2) is 53.3 Å². The average molecular weight is 547 g/mol. The van der Waals surface area contributed by atoms with Gasteiger partial charge in [0.2, 0.25) is 0 Å². The molecular formula is C29H30N4O7. The fourth-order valence-electron chi connectivity index (χ4n) is 6.26. The highest BCUT2D eigenvalue weighted by atomic mass is 16.6. The first-order chi connectivity index (χ1) is 18.9. The van der Waals surface area contributed by atoms with Crippen molar-refractivity contribution in [1.29, 1.82) is 0 Å². The molecule has 3 aliphatic heterocycles. The van der Waals surface area contributed by atoms with E-state index < -0.39 is 46.9 Å². The second-order valence-electron chi connectivity index (χ2n) is 11.4. The van der Waals surface area contributed by atoms with Crippen LogP contribution in [0.5, 0.6) is 0 Å². The molecule has 0 radical (unpaired) electrons. The Balaban J connectivity index is 1.57. The number of hydrogen-bond acceptors (Lipinski definition) is 9. The van der Waals surface area contributed by atoms with E-state index in [1.54, 1.807) is 62.4 Å². The molecule has 0 unspecified atom stereocenters. The van der Waals surface area contributed by atoms with E-state index >= 15 is 0 Å². The molecular weight excluding hydrogens is 516 g/mol. The van der Waals surface area contributed by atoms with E-state index in [2.05, 4.69) is 0 Å². The molecule has 6 rings (SSSR count). The number of fused-ring (bicyclic) bond motifs is 6. The number of ether oxygens (including phenoxy) is 2. The summed E-state index contributed by atoms with van der Waals surface area (Å²) in [4.78, 5) is 59.6. The highest BCUT2D eigenvalue weighted by Gasteiger charge is 2.70. The Hall–Kier alpha value is -4.09. The van der Waals surface area contributed by atoms with Gasteiger partial charge in [-0.25, -0.2) is 9.78 Å². The molecule has 11 nitrogen and oxygen atoms in total. The van der Waals surface area contributed by atoms with Gasteiger partial charge in [-0.15, -0.1) is 5.06 Å². The molecule has 2 aromatic carbocycles. The summed E-state index contributed by atoms with van der Waals surface area (Å²) in [7, 11) is 0. The molecule has 1 spiro atoms. The van der Waals surface area contributed by atoms with Gasteiger partial charge in [0.1, 0.15) is 11.6 Å². The van der Waals surface area contributed by atoms with Crippen LogP contribution < -0.4 is 10.5 Å². The van der Waals surface area contributed by atoms with Gasteiger partial charge < -0.3 is 14.7 Å². The smallest absolute Gasteiger partial charge is 0.330 e. The SMILES string of the molecule is CC(=O)O[C@H](c1nc2ccccc2c(=O)n1[C@@H]1C[C@]2(OC1=O)c1ccccc1N1C(=O)C(C)(C)N(O)[C@H]12)C(C)C. The summed E-state index contributed by atoms with van der Waals surface area (Å²) >= 11 is 0. The third-order valence-electron chi connectivity index (χ3n) is 8.18. The molecule has 1 aromatic heterocycles. The van der Waals surface area contributed by atoms with Crippen molar-refractivity contribution in [3.8, 4) is 0 Å². The molecule has 1 amide bonds. The van der Waals surface area contributed by atoms with Crippen molar-refractivity contribution in [2.75, 3.05) is 4.90 Å². The van der Waals surface area contributed by atoms with Crippen molar-refractivity contribution in [2.45, 2.75) is 70.5 Å². The Bertz CT molecular complexity index is 1650. The predicted molar refractivity (Wildman–Crippen MR) is 142 cm³/mol. The van der Waals surface area contributed by atoms with Crippen LogP contribution in [0.3, 0.4) is 0 Å². The van der Waals surface area contributed by atoms with Gasteiger partial charge in [0, 0.05) is 18.9 Å². The van der Waals surface area contributed by atoms with Crippen LogP contribution in [0.4, 0.5) is 5.69 Å². The van der Waals surface area contributed by atoms with Gasteiger partial charge in [-0.2, -0.15) is 0 Å². The molecule has 4 atom stereocenters. The monoisotopic (exact) mass is 546 g/mol. The van der Waals surface area contributed by atoms with Crippen molar-refractivity contribution < 1.29 is 29.1 Å². The van der Waals surface area contributed by atoms with Gasteiger partial charge in [-0.1, -0.05) is 44.2 Å². The number of aromatic nitrogens is 2. The molecule has 0 saturated carbocycles. The van der Waals surface area contributed by atoms with Crippen molar-refractivity contribution in [3.63, 3.8) is 0 Å². The van der Waals surface area contributed by atoms with Crippen LogP contribution in [-0.4, -0.2) is 49.4 Å². The number of hydroxylamine groups is 2. The molecule has 4 heterocycles. The molecule has 40 heavy (non-hydrogen) atoms. The number of carbonyl (C=O) groups excluding carboxylic acids is 3. The topological polar surface area (TPSA) is 131 Å². The summed E-state index contributed by atoms with van der Waals surface area (Å²) in [5.41, 5.74) is -1.74. The number of hydrogen-bond donors (Lipinski definition) is 1. The average Bonchev–Trinajstić information content (AvgIpc) is 3.45. The summed E-state index contributed by atoms with van der Waals surface area (Å²) in [5.74, 6) is -1.77. The summed E-state index contributed by atoms with van der Waals surface area (Å²) < 4.78 is 13.0. The van der Waals surface area contributed by atoms with E-state index in [4.69, 9.17) is 14.5 Å². The van der Waals surface area contributed by atoms with Gasteiger partial charge in [0.25, 0.3) is 11.5 Å². The van der Waals surface area contributed by atoms with Crippen LogP contribution >= 0.6 is 0 Å². The number of amides is 1. The van der Waals surface area contributed by atoms with Crippen molar-refractivity contribution >= 4 is 34.4 Å². The maximum absolute atomic E-state index is 14.0. The summed E-state index contributed by atoms with van der Waals surface area (Å²) in [5, 5.41) is 12.5. The van der Waals surface area contributed by atoms with E-state index in [9.17, 15) is 24.4 Å². The van der Waals surface area contributed by atoms with Crippen LogP contribution in [0.25, 0.3) is 10.9 Å². The Morgan fingerprint density at radius 2 is 1.77 bits per heavy atom. The summed E-state index contributed by atoms with van der Waals surface area (Å²) in [6.07, 6.45) is -2.03. The zero-order valence-corrected chi connectivity index (χ0v) is 22.8. The molecule has 0 bridgehead atoms. The van der Waals surface area contributed by atoms with Crippen LogP contribution in [-0.2, 0) is 29.5 Å². The quantitative estimate of drug-likeness (QED) is 0.490. The highest BCUT2D eigenvalue weighted by Crippen LogP contribution is 2.58. The van der Waals surface area contributed by atoms with Crippen LogP contribution in [0.2, 0.25) is 0 Å². The maximum atomic E-state index is 14.0. The van der Waals surface area contributed by atoms with Crippen molar-refractivity contribution in [3.05, 3.63) is 70.3 Å². The zero-order chi connectivity index (χ0) is 28.7. The molecule has 11 heteroatoms. The predicted octanol–water partition coefficient (Wildman–Crippen LogP) is 3.20. The van der Waals surface area contributed by atoms with Gasteiger partial charge >= 0.3 is 11.9 Å². The van der Waals surface area contributed by atoms with Crippen molar-refractivity contribution in [1.82, 2.24) is 14.6 Å². The summed E-state index contributed by atoms with van der Waals surface area (Å²) in [6.45, 7) is 8.13. The van der Waals surface area contributed by atoms with Gasteiger partial charge in [-0.05, 0) is 38.0 Å². The Kier molecular flexibility index (Phi) is 5.69. The van der Waals surface area contributed by atoms with Crippen molar-refractivity contribution in [2.24, 2.45) is 5.92 Å². The highest BCUT2D eigenvalue weighted by molar-refractivity contribution is 6.05. The molecule has 2 fully saturated rings. The standard InChI is InChI=1S/C29H30N4O7/c1-15(2)22(39-16(3)34)23-30-19-12-8-6-10-17(19)24(35)31(23)21-14-29(40-25(21)36)18-11-7-9-13-20(18)32-26(29)33(38)28(4,5)27(32)37/h6-13,15,21-22,26,38H,14H2,1-5H3/t21-,22+,26+,29+/m1/s1. The Morgan fingerprint density at radius 3 is 2.48 bits per heavy atom. The number of rotatable bonds is 4. The fraction of sp³-hybridized carbons (Fsp3) is 0.414. The lowest BCUT2D eigenvalue weighted by molar-refractivity contribution is -0.209. The minimum Gasteiger partial charge on any atom is -0.454 e. The lowest BCUT2D eigenvalue weighted by Gasteiger charge is -2.35. The first kappa shape index (κ1) is 26.1. The van der Waals surface area contributed by atoms with E-state index in [-0.39, 0.29) is 24.1 Å². The van der Waals surface area contributed by atoms with Gasteiger partial charge in [0.05, 0.1) is 16.6 Å². The number of anilines is 1. The second kappa shape index (κ2) is 8.70. The van der Waals surface area contributed by atoms with Crippen LogP contribution in [0.1, 0.15) is 64.6 Å². The Labute approximate surface area is 229 Å². The molecule has 1 N–H and O–H groups in total. The zero-order valence-electron chi connectivity index (χ0n) is 22.8. The number of carbonyl (C=O) groups is 3. The van der Waals surface area contributed by atoms with E-state index in [1.807, 2.05) is 13.8 Å². The van der Waals surface area contributed by atoms with E-state index in [0.29, 0.717) is 22.2 Å². The van der Waals surface area contributed by atoms with E-state index in [0.717, 1.165) is 5.06 Å². The van der Waals surface area contributed by atoms with Gasteiger partial charge in [-0.3, -0.25) is 23.9 Å². The maximum Gasteiger partial charge on any atom is 0.330 e. The van der Waals surface area contributed by atoms with E-state index in [1.165, 1.54) is 16.4 Å². The first-order valence-corrected chi connectivity index (χ1v) is 13.2. The molecule has 3 aliphatic rings. The Morgan fingerprint density at radius 1 is 1.10 bits per heavy atom. The lowest BCUT2D eigenvalue weighted by atomic mass is 9.87.